The quantitative estimate of drug-likeness (QED) is 0.569. The zero-order valence-corrected chi connectivity index (χ0v) is 22.7. The molecule has 0 radical (unpaired) electrons. The predicted octanol–water partition coefficient (Wildman–Crippen LogP) is 2.65. The van der Waals surface area contributed by atoms with Crippen molar-refractivity contribution in [1.29, 1.82) is 0 Å². The summed E-state index contributed by atoms with van der Waals surface area (Å²) in [7, 11) is 0. The third-order valence-corrected chi connectivity index (χ3v) is 8.56. The number of carbonyl (C=O) groups excluding carboxylic acids is 1. The highest BCUT2D eigenvalue weighted by Crippen LogP contribution is 2.37. The van der Waals surface area contributed by atoms with E-state index in [2.05, 4.69) is 15.2 Å². The third-order valence-electron chi connectivity index (χ3n) is 8.56. The van der Waals surface area contributed by atoms with E-state index in [1.165, 1.54) is 10.1 Å². The number of carbonyl (C=O) groups is 1. The number of nitrogens with one attached hydrogen (secondary N) is 1. The van der Waals surface area contributed by atoms with Crippen molar-refractivity contribution < 1.29 is 27.4 Å². The van der Waals surface area contributed by atoms with Gasteiger partial charge in [-0.25, -0.2) is 0 Å². The Morgan fingerprint density at radius 2 is 1.98 bits per heavy atom. The molecule has 2 aromatic rings. The van der Waals surface area contributed by atoms with E-state index >= 15 is 0 Å². The molecule has 0 spiro atoms. The maximum Gasteiger partial charge on any atom is 0.416 e. The van der Waals surface area contributed by atoms with Crippen LogP contribution in [0.1, 0.15) is 47.8 Å². The van der Waals surface area contributed by atoms with Gasteiger partial charge in [0.25, 0.3) is 5.56 Å². The molecule has 1 aliphatic carbocycles. The first kappa shape index (κ1) is 28.1. The maximum atomic E-state index is 13.2. The van der Waals surface area contributed by atoms with Gasteiger partial charge in [0.15, 0.2) is 0 Å². The number of amides is 1. The highest BCUT2D eigenvalue weighted by atomic mass is 19.4. The fourth-order valence-electron chi connectivity index (χ4n) is 6.37. The number of hydrogen-bond donors (Lipinski definition) is 1. The average Bonchev–Trinajstić information content (AvgIpc) is 3.56. The predicted molar refractivity (Wildman–Crippen MR) is 143 cm³/mol. The second-order valence-corrected chi connectivity index (χ2v) is 11.2. The van der Waals surface area contributed by atoms with E-state index in [1.807, 2.05) is 12.3 Å². The average molecular weight is 574 g/mol. The van der Waals surface area contributed by atoms with E-state index in [1.54, 1.807) is 17.3 Å². The molecule has 3 aliphatic heterocycles. The van der Waals surface area contributed by atoms with Crippen LogP contribution in [0, 0.1) is 0 Å². The molecular weight excluding hydrogens is 539 g/mol. The highest BCUT2D eigenvalue weighted by Gasteiger charge is 2.37. The van der Waals surface area contributed by atoms with Crippen LogP contribution in [0.3, 0.4) is 0 Å². The zero-order chi connectivity index (χ0) is 28.6. The molecule has 2 aromatic heterocycles. The Kier molecular flexibility index (Phi) is 7.99. The van der Waals surface area contributed by atoms with Crippen molar-refractivity contribution in [2.24, 2.45) is 0 Å². The third kappa shape index (κ3) is 6.25. The van der Waals surface area contributed by atoms with Gasteiger partial charge in [-0.1, -0.05) is 0 Å². The minimum atomic E-state index is -4.60. The summed E-state index contributed by atoms with van der Waals surface area (Å²) in [6, 6.07) is 4.06. The molecule has 12 heteroatoms. The van der Waals surface area contributed by atoms with Crippen LogP contribution in [0.5, 0.6) is 0 Å². The van der Waals surface area contributed by atoms with Crippen LogP contribution < -0.4 is 10.9 Å². The van der Waals surface area contributed by atoms with Crippen LogP contribution in [0.25, 0.3) is 0 Å². The van der Waals surface area contributed by atoms with Crippen molar-refractivity contribution in [1.82, 2.24) is 24.7 Å². The Hall–Kier alpha value is -3.06. The Morgan fingerprint density at radius 1 is 1.15 bits per heavy atom. The normalized spacial score (nSPS) is 24.9. The lowest BCUT2D eigenvalue weighted by Gasteiger charge is -2.30. The van der Waals surface area contributed by atoms with Gasteiger partial charge in [0, 0.05) is 87.9 Å². The Balaban J connectivity index is 1.12. The number of likely N-dealkylation sites (tertiary alicyclic amines) is 1. The number of aryl methyl sites for hydroxylation is 1. The number of alkyl halides is 3. The van der Waals surface area contributed by atoms with E-state index in [9.17, 15) is 22.8 Å². The van der Waals surface area contributed by atoms with Crippen LogP contribution in [0.2, 0.25) is 0 Å². The molecule has 2 fully saturated rings. The largest absolute Gasteiger partial charge is 0.416 e. The summed E-state index contributed by atoms with van der Waals surface area (Å²) in [5.74, 6) is -0.265. The van der Waals surface area contributed by atoms with Gasteiger partial charge < -0.3 is 19.4 Å². The summed E-state index contributed by atoms with van der Waals surface area (Å²) in [5.41, 5.74) is 1.99. The van der Waals surface area contributed by atoms with Crippen molar-refractivity contribution in [2.75, 3.05) is 39.4 Å². The first-order valence-corrected chi connectivity index (χ1v) is 14.2. The smallest absolute Gasteiger partial charge is 0.381 e. The molecule has 0 saturated carbocycles. The molecule has 0 aromatic carbocycles. The highest BCUT2D eigenvalue weighted by molar-refractivity contribution is 5.79. The fraction of sp³-hybridized carbons (Fsp3) is 0.552. The van der Waals surface area contributed by atoms with Gasteiger partial charge in [-0.15, -0.1) is 0 Å². The second kappa shape index (κ2) is 11.7. The molecule has 6 rings (SSSR count). The van der Waals surface area contributed by atoms with Crippen molar-refractivity contribution in [3.8, 4) is 0 Å². The molecule has 9 nitrogen and oxygen atoms in total. The van der Waals surface area contributed by atoms with Crippen molar-refractivity contribution in [3.05, 3.63) is 75.1 Å². The zero-order valence-electron chi connectivity index (χ0n) is 22.7. The van der Waals surface area contributed by atoms with Gasteiger partial charge in [-0.3, -0.25) is 24.4 Å². The summed E-state index contributed by atoms with van der Waals surface area (Å²) < 4.78 is 53.2. The molecule has 0 bridgehead atoms. The van der Waals surface area contributed by atoms with E-state index in [0.717, 1.165) is 62.6 Å². The van der Waals surface area contributed by atoms with Gasteiger partial charge in [0.1, 0.15) is 0 Å². The number of ether oxygens (including phenoxy) is 2. The lowest BCUT2D eigenvalue weighted by molar-refractivity contribution is -0.138. The van der Waals surface area contributed by atoms with Crippen molar-refractivity contribution in [2.45, 2.75) is 63.2 Å². The number of halogens is 3. The molecule has 41 heavy (non-hydrogen) atoms. The molecule has 220 valence electrons. The van der Waals surface area contributed by atoms with Crippen LogP contribution >= 0.6 is 0 Å². The molecule has 2 saturated heterocycles. The molecule has 1 unspecified atom stereocenters. The van der Waals surface area contributed by atoms with Crippen LogP contribution in [0.15, 0.2) is 47.2 Å². The van der Waals surface area contributed by atoms with Crippen LogP contribution in [0.4, 0.5) is 13.2 Å². The number of rotatable bonds is 6. The first-order valence-electron chi connectivity index (χ1n) is 14.2. The SMILES string of the molecule is O=C(CN1CCn2c(cc(C(F)(F)F)cc2=O)C1)NC=C1CN(C2CCOCC2)C[C@@H]1OC1CCc2ccncc21. The minimum Gasteiger partial charge on any atom is -0.381 e. The monoisotopic (exact) mass is 573 g/mol. The fourth-order valence-corrected chi connectivity index (χ4v) is 6.37. The topological polar surface area (TPSA) is 88.9 Å². The Morgan fingerprint density at radius 3 is 2.78 bits per heavy atom. The maximum absolute atomic E-state index is 13.2. The van der Waals surface area contributed by atoms with Crippen LogP contribution in [-0.2, 0) is 40.0 Å². The molecule has 4 aliphatic rings. The summed E-state index contributed by atoms with van der Waals surface area (Å²) in [5, 5.41) is 2.91. The number of nitrogens with zero attached hydrogens (tertiary/aromatic N) is 4. The number of aromatic nitrogens is 2. The summed E-state index contributed by atoms with van der Waals surface area (Å²) in [4.78, 5) is 33.6. The number of hydrogen-bond acceptors (Lipinski definition) is 7. The van der Waals surface area contributed by atoms with Gasteiger partial charge in [0.05, 0.1) is 24.3 Å². The lowest BCUT2D eigenvalue weighted by atomic mass is 10.1. The molecule has 1 amide bonds. The first-order chi connectivity index (χ1) is 19.7. The molecule has 5 heterocycles. The molecular formula is C29H34F3N5O4. The van der Waals surface area contributed by atoms with Crippen LogP contribution in [-0.4, -0.2) is 76.8 Å². The summed E-state index contributed by atoms with van der Waals surface area (Å²) in [6.07, 6.45) is 4.36. The summed E-state index contributed by atoms with van der Waals surface area (Å²) in [6.45, 7) is 3.60. The van der Waals surface area contributed by atoms with Gasteiger partial charge in [-0.2, -0.15) is 13.2 Å². The van der Waals surface area contributed by atoms with Gasteiger partial charge in [-0.05, 0) is 49.0 Å². The Bertz CT molecular complexity index is 1370. The number of fused-ring (bicyclic) bond motifs is 2. The van der Waals surface area contributed by atoms with Gasteiger partial charge in [0.2, 0.25) is 5.91 Å². The van der Waals surface area contributed by atoms with E-state index in [-0.39, 0.29) is 43.4 Å². The van der Waals surface area contributed by atoms with E-state index < -0.39 is 17.3 Å². The van der Waals surface area contributed by atoms with E-state index in [0.29, 0.717) is 25.2 Å². The lowest BCUT2D eigenvalue weighted by Crippen LogP contribution is -2.43. The standard InChI is InChI=1S/C29H34F3N5O4/c30-29(31,32)21-11-23-16-35(7-8-37(23)28(39)12-21)18-27(38)34-13-20-15-36(22-4-9-40-10-5-22)17-26(20)41-25-2-1-19-3-6-33-14-24(19)25/h3,6,11-14,22,25-26H,1-2,4-5,7-10,15-18H2,(H,34,38)/t25?,26-/m0/s1. The van der Waals surface area contributed by atoms with Crippen molar-refractivity contribution in [3.63, 3.8) is 0 Å². The van der Waals surface area contributed by atoms with Crippen molar-refractivity contribution >= 4 is 5.91 Å². The number of pyridine rings is 2. The summed E-state index contributed by atoms with van der Waals surface area (Å²) >= 11 is 0. The molecule has 2 atom stereocenters. The second-order valence-electron chi connectivity index (χ2n) is 11.2. The molecule has 1 N–H and O–H groups in total. The van der Waals surface area contributed by atoms with E-state index in [4.69, 9.17) is 9.47 Å². The minimum absolute atomic E-state index is 0.00505. The van der Waals surface area contributed by atoms with Gasteiger partial charge >= 0.3 is 6.18 Å². The Labute approximate surface area is 235 Å².